The van der Waals surface area contributed by atoms with Gasteiger partial charge in [0.05, 0.1) is 0 Å². The Labute approximate surface area is 90.0 Å². The Morgan fingerprint density at radius 3 is 2.93 bits per heavy atom. The molecule has 1 aromatic carbocycles. The van der Waals surface area contributed by atoms with Crippen LogP contribution in [0.15, 0.2) is 24.3 Å². The van der Waals surface area contributed by atoms with Gasteiger partial charge in [-0.2, -0.15) is 0 Å². The van der Waals surface area contributed by atoms with Gasteiger partial charge in [0, 0.05) is 12.6 Å². The lowest BCUT2D eigenvalue weighted by molar-refractivity contribution is 0.626. The molecule has 0 aliphatic heterocycles. The number of aryl methyl sites for hydroxylation is 1. The summed E-state index contributed by atoms with van der Waals surface area (Å²) in [6.07, 6.45) is 6.76. The number of nitrogens with one attached hydrogen (secondary N) is 1. The lowest BCUT2D eigenvalue weighted by atomic mass is 10.1. The van der Waals surface area contributed by atoms with Crippen LogP contribution >= 0.6 is 0 Å². The molecular formula is C13H16FN. The molecule has 0 atom stereocenters. The van der Waals surface area contributed by atoms with Crippen LogP contribution in [0, 0.1) is 12.7 Å². The van der Waals surface area contributed by atoms with E-state index in [1.54, 1.807) is 6.07 Å². The number of hydrogen-bond acceptors (Lipinski definition) is 1. The van der Waals surface area contributed by atoms with Gasteiger partial charge in [-0.25, -0.2) is 4.39 Å². The molecule has 15 heavy (non-hydrogen) atoms. The van der Waals surface area contributed by atoms with Crippen LogP contribution in [-0.4, -0.2) is 12.6 Å². The minimum atomic E-state index is -0.166. The normalized spacial score (nSPS) is 16.1. The summed E-state index contributed by atoms with van der Waals surface area (Å²) in [6, 6.07) is 5.62. The van der Waals surface area contributed by atoms with Crippen molar-refractivity contribution in [2.24, 2.45) is 0 Å². The van der Waals surface area contributed by atoms with Crippen molar-refractivity contribution in [3.63, 3.8) is 0 Å². The van der Waals surface area contributed by atoms with Crippen LogP contribution < -0.4 is 5.32 Å². The number of rotatable bonds is 4. The van der Waals surface area contributed by atoms with Gasteiger partial charge in [-0.05, 0) is 43.0 Å². The average molecular weight is 205 g/mol. The third kappa shape index (κ3) is 3.17. The van der Waals surface area contributed by atoms with Crippen molar-refractivity contribution in [2.75, 3.05) is 6.54 Å². The minimum Gasteiger partial charge on any atom is -0.311 e. The van der Waals surface area contributed by atoms with Crippen molar-refractivity contribution in [1.29, 1.82) is 0 Å². The lowest BCUT2D eigenvalue weighted by Gasteiger charge is -2.00. The van der Waals surface area contributed by atoms with E-state index in [0.29, 0.717) is 0 Å². The van der Waals surface area contributed by atoms with Crippen LogP contribution in [0.1, 0.15) is 24.0 Å². The highest BCUT2D eigenvalue weighted by Crippen LogP contribution is 2.18. The van der Waals surface area contributed by atoms with Gasteiger partial charge in [0.1, 0.15) is 5.82 Å². The second-order valence-corrected chi connectivity index (χ2v) is 4.09. The Kier molecular flexibility index (Phi) is 3.17. The molecule has 2 rings (SSSR count). The smallest absolute Gasteiger partial charge is 0.123 e. The van der Waals surface area contributed by atoms with Gasteiger partial charge in [0.15, 0.2) is 0 Å². The molecule has 1 aromatic rings. The fraction of sp³-hybridized carbons (Fsp3) is 0.385. The number of halogens is 1. The average Bonchev–Trinajstić information content (AvgIpc) is 2.99. The van der Waals surface area contributed by atoms with Crippen LogP contribution in [0.3, 0.4) is 0 Å². The summed E-state index contributed by atoms with van der Waals surface area (Å²) < 4.78 is 12.8. The summed E-state index contributed by atoms with van der Waals surface area (Å²) >= 11 is 0. The summed E-state index contributed by atoms with van der Waals surface area (Å²) in [5, 5.41) is 3.40. The fourth-order valence-electron chi connectivity index (χ4n) is 1.53. The first kappa shape index (κ1) is 10.4. The minimum absolute atomic E-state index is 0.166. The summed E-state index contributed by atoms with van der Waals surface area (Å²) in [7, 11) is 0. The summed E-state index contributed by atoms with van der Waals surface area (Å²) in [5.41, 5.74) is 2.08. The molecule has 0 aromatic heterocycles. The molecule has 0 radical (unpaired) electrons. The maximum absolute atomic E-state index is 12.8. The Balaban J connectivity index is 1.90. The van der Waals surface area contributed by atoms with E-state index < -0.39 is 0 Å². The Bertz CT molecular complexity index is 367. The van der Waals surface area contributed by atoms with Crippen molar-refractivity contribution >= 4 is 6.08 Å². The van der Waals surface area contributed by atoms with E-state index in [9.17, 15) is 4.39 Å². The van der Waals surface area contributed by atoms with Crippen LogP contribution in [0.25, 0.3) is 6.08 Å². The Morgan fingerprint density at radius 2 is 2.27 bits per heavy atom. The molecular weight excluding hydrogens is 189 g/mol. The van der Waals surface area contributed by atoms with Crippen LogP contribution in [0.2, 0.25) is 0 Å². The monoisotopic (exact) mass is 205 g/mol. The number of benzene rings is 1. The van der Waals surface area contributed by atoms with Crippen LogP contribution in [-0.2, 0) is 0 Å². The predicted octanol–water partition coefficient (Wildman–Crippen LogP) is 2.90. The van der Waals surface area contributed by atoms with E-state index in [1.165, 1.54) is 18.9 Å². The maximum Gasteiger partial charge on any atom is 0.123 e. The second-order valence-electron chi connectivity index (χ2n) is 4.09. The molecule has 0 saturated heterocycles. The first-order valence-electron chi connectivity index (χ1n) is 5.42. The van der Waals surface area contributed by atoms with Gasteiger partial charge in [-0.15, -0.1) is 0 Å². The maximum atomic E-state index is 12.8. The molecule has 1 aliphatic carbocycles. The van der Waals surface area contributed by atoms with Crippen molar-refractivity contribution in [1.82, 2.24) is 5.32 Å². The molecule has 2 heteroatoms. The Hall–Kier alpha value is -1.15. The van der Waals surface area contributed by atoms with E-state index in [-0.39, 0.29) is 5.82 Å². The molecule has 1 aliphatic rings. The van der Waals surface area contributed by atoms with Gasteiger partial charge in [-0.1, -0.05) is 18.2 Å². The lowest BCUT2D eigenvalue weighted by Crippen LogP contribution is -2.15. The van der Waals surface area contributed by atoms with Gasteiger partial charge in [0.2, 0.25) is 0 Å². The standard InChI is InChI=1S/C13H16FN/c1-10-9-12(14)5-4-11(10)3-2-8-15-13-6-7-13/h2-5,9,13,15H,6-8H2,1H3. The molecule has 1 saturated carbocycles. The van der Waals surface area contributed by atoms with Gasteiger partial charge >= 0.3 is 0 Å². The summed E-state index contributed by atoms with van der Waals surface area (Å²) in [4.78, 5) is 0. The molecule has 1 N–H and O–H groups in total. The fourth-order valence-corrected chi connectivity index (χ4v) is 1.53. The number of hydrogen-bond donors (Lipinski definition) is 1. The topological polar surface area (TPSA) is 12.0 Å². The molecule has 80 valence electrons. The largest absolute Gasteiger partial charge is 0.311 e. The summed E-state index contributed by atoms with van der Waals surface area (Å²) in [5.74, 6) is -0.166. The van der Waals surface area contributed by atoms with Crippen molar-refractivity contribution < 1.29 is 4.39 Å². The van der Waals surface area contributed by atoms with Crippen molar-refractivity contribution in [3.8, 4) is 0 Å². The third-order valence-corrected chi connectivity index (χ3v) is 2.63. The third-order valence-electron chi connectivity index (χ3n) is 2.63. The predicted molar refractivity (Wildman–Crippen MR) is 61.2 cm³/mol. The molecule has 0 bridgehead atoms. The molecule has 0 heterocycles. The van der Waals surface area contributed by atoms with Crippen molar-refractivity contribution in [3.05, 3.63) is 41.2 Å². The van der Waals surface area contributed by atoms with E-state index in [2.05, 4.69) is 11.4 Å². The molecule has 0 amide bonds. The zero-order chi connectivity index (χ0) is 10.7. The zero-order valence-electron chi connectivity index (χ0n) is 8.96. The van der Waals surface area contributed by atoms with Crippen LogP contribution in [0.4, 0.5) is 4.39 Å². The van der Waals surface area contributed by atoms with E-state index in [0.717, 1.165) is 23.7 Å². The summed E-state index contributed by atoms with van der Waals surface area (Å²) in [6.45, 7) is 2.83. The van der Waals surface area contributed by atoms with E-state index in [1.807, 2.05) is 19.1 Å². The highest BCUT2D eigenvalue weighted by Gasteiger charge is 2.18. The van der Waals surface area contributed by atoms with Gasteiger partial charge in [-0.3, -0.25) is 0 Å². The highest BCUT2D eigenvalue weighted by molar-refractivity contribution is 5.53. The SMILES string of the molecule is Cc1cc(F)ccc1C=CCNC1CC1. The highest BCUT2D eigenvalue weighted by atomic mass is 19.1. The molecule has 0 spiro atoms. The van der Waals surface area contributed by atoms with Crippen LogP contribution in [0.5, 0.6) is 0 Å². The van der Waals surface area contributed by atoms with E-state index in [4.69, 9.17) is 0 Å². The molecule has 1 nitrogen and oxygen atoms in total. The van der Waals surface area contributed by atoms with Crippen molar-refractivity contribution in [2.45, 2.75) is 25.8 Å². The second kappa shape index (κ2) is 4.58. The Morgan fingerprint density at radius 1 is 1.47 bits per heavy atom. The van der Waals surface area contributed by atoms with Gasteiger partial charge < -0.3 is 5.32 Å². The first-order chi connectivity index (χ1) is 7.25. The zero-order valence-corrected chi connectivity index (χ0v) is 8.96. The van der Waals surface area contributed by atoms with Gasteiger partial charge in [0.25, 0.3) is 0 Å². The molecule has 1 fully saturated rings. The molecule has 0 unspecified atom stereocenters. The quantitative estimate of drug-likeness (QED) is 0.797. The first-order valence-corrected chi connectivity index (χ1v) is 5.42. The van der Waals surface area contributed by atoms with E-state index >= 15 is 0 Å².